The summed E-state index contributed by atoms with van der Waals surface area (Å²) in [5.41, 5.74) is 0. The summed E-state index contributed by atoms with van der Waals surface area (Å²) in [6, 6.07) is 0. The molecule has 8 nitrogen and oxygen atoms in total. The van der Waals surface area contributed by atoms with E-state index in [1.165, 1.54) is 161 Å². The third-order valence-electron chi connectivity index (χ3n) is 10.9. The largest absolute Gasteiger partial charge is 0.472 e. The minimum atomic E-state index is -4.29. The second-order valence-corrected chi connectivity index (χ2v) is 18.3. The molecule has 0 aromatic heterocycles. The molecule has 0 bridgehead atoms. The van der Waals surface area contributed by atoms with Gasteiger partial charge in [0.2, 0.25) is 0 Å². The average molecular weight is 867 g/mol. The molecule has 0 fully saturated rings. The first-order valence-electron chi connectivity index (χ1n) is 25.3. The number of ether oxygens (including phenoxy) is 2. The van der Waals surface area contributed by atoms with Gasteiger partial charge in [0.05, 0.1) is 13.2 Å². The maximum atomic E-state index is 12.6. The predicted octanol–water partition coefficient (Wildman–Crippen LogP) is 16.3. The highest BCUT2D eigenvalue weighted by Crippen LogP contribution is 2.43. The van der Waals surface area contributed by atoms with Gasteiger partial charge in [0, 0.05) is 12.8 Å². The maximum absolute atomic E-state index is 12.6. The number of carbonyl (C=O) groups excluding carboxylic acids is 2. The predicted molar refractivity (Wildman–Crippen MR) is 253 cm³/mol. The molecule has 1 N–H and O–H groups in total. The number of esters is 2. The van der Waals surface area contributed by atoms with Crippen molar-refractivity contribution in [1.29, 1.82) is 0 Å². The zero-order valence-electron chi connectivity index (χ0n) is 39.4. The SMILES string of the molecule is CCCCC/C=C\C/C=C\CCCCCCCCCC(=O)OC(COC(=O)CCCCCCCCCCCCC/C=C\CCCCCCCCCC)COP(=O)(O)OCC. The van der Waals surface area contributed by atoms with Gasteiger partial charge in [0.1, 0.15) is 6.61 Å². The van der Waals surface area contributed by atoms with E-state index in [2.05, 4.69) is 50.3 Å². The van der Waals surface area contributed by atoms with E-state index in [4.69, 9.17) is 18.5 Å². The highest BCUT2D eigenvalue weighted by molar-refractivity contribution is 7.47. The molecular weight excluding hydrogens is 772 g/mol. The lowest BCUT2D eigenvalue weighted by Gasteiger charge is -2.19. The second kappa shape index (κ2) is 46.8. The van der Waals surface area contributed by atoms with Crippen molar-refractivity contribution >= 4 is 19.8 Å². The topological polar surface area (TPSA) is 108 Å². The van der Waals surface area contributed by atoms with E-state index in [0.29, 0.717) is 12.8 Å². The van der Waals surface area contributed by atoms with Gasteiger partial charge in [0.25, 0.3) is 0 Å². The third-order valence-corrected chi connectivity index (χ3v) is 12.0. The van der Waals surface area contributed by atoms with Crippen LogP contribution in [-0.2, 0) is 32.7 Å². The quantitative estimate of drug-likeness (QED) is 0.0279. The first kappa shape index (κ1) is 58.3. The van der Waals surface area contributed by atoms with Gasteiger partial charge < -0.3 is 14.4 Å². The molecule has 0 aromatic rings. The van der Waals surface area contributed by atoms with Crippen LogP contribution >= 0.6 is 7.82 Å². The van der Waals surface area contributed by atoms with Crippen molar-refractivity contribution in [1.82, 2.24) is 0 Å². The minimum absolute atomic E-state index is 0.000866. The van der Waals surface area contributed by atoms with Crippen LogP contribution in [-0.4, -0.2) is 42.8 Å². The van der Waals surface area contributed by atoms with Crippen molar-refractivity contribution < 1.29 is 37.6 Å². The Kier molecular flexibility index (Phi) is 45.4. The Morgan fingerprint density at radius 1 is 0.450 bits per heavy atom. The molecule has 0 aromatic carbocycles. The van der Waals surface area contributed by atoms with Crippen LogP contribution in [0.1, 0.15) is 252 Å². The zero-order valence-corrected chi connectivity index (χ0v) is 40.3. The van der Waals surface area contributed by atoms with E-state index >= 15 is 0 Å². The van der Waals surface area contributed by atoms with Gasteiger partial charge in [-0.25, -0.2) is 4.57 Å². The molecule has 60 heavy (non-hydrogen) atoms. The Labute approximate surface area is 370 Å². The lowest BCUT2D eigenvalue weighted by molar-refractivity contribution is -0.161. The number of phosphoric ester groups is 1. The molecule has 0 amide bonds. The van der Waals surface area contributed by atoms with Gasteiger partial charge in [-0.2, -0.15) is 0 Å². The van der Waals surface area contributed by atoms with Crippen LogP contribution in [0.2, 0.25) is 0 Å². The molecule has 0 heterocycles. The average Bonchev–Trinajstić information content (AvgIpc) is 3.23. The monoisotopic (exact) mass is 867 g/mol. The molecule has 0 aliphatic heterocycles. The first-order chi connectivity index (χ1) is 29.3. The van der Waals surface area contributed by atoms with Crippen LogP contribution in [0.4, 0.5) is 0 Å². The Balaban J connectivity index is 3.96. The van der Waals surface area contributed by atoms with Crippen LogP contribution in [0, 0.1) is 0 Å². The van der Waals surface area contributed by atoms with Crippen molar-refractivity contribution in [3.63, 3.8) is 0 Å². The van der Waals surface area contributed by atoms with Crippen LogP contribution in [0.3, 0.4) is 0 Å². The number of hydrogen-bond acceptors (Lipinski definition) is 7. The minimum Gasteiger partial charge on any atom is -0.462 e. The van der Waals surface area contributed by atoms with Gasteiger partial charge in [-0.1, -0.05) is 198 Å². The van der Waals surface area contributed by atoms with E-state index in [0.717, 1.165) is 51.4 Å². The molecule has 0 saturated heterocycles. The fraction of sp³-hybridized carbons (Fsp3) is 0.843. The molecule has 0 radical (unpaired) electrons. The van der Waals surface area contributed by atoms with E-state index < -0.39 is 26.5 Å². The number of unbranched alkanes of at least 4 members (excludes halogenated alkanes) is 29. The molecule has 0 spiro atoms. The number of phosphoric acid groups is 1. The molecule has 0 rings (SSSR count). The number of allylic oxidation sites excluding steroid dienone is 6. The van der Waals surface area contributed by atoms with E-state index in [-0.39, 0.29) is 25.6 Å². The zero-order chi connectivity index (χ0) is 43.9. The van der Waals surface area contributed by atoms with E-state index in [1.54, 1.807) is 6.92 Å². The van der Waals surface area contributed by atoms with E-state index in [9.17, 15) is 19.0 Å². The number of hydrogen-bond donors (Lipinski definition) is 1. The van der Waals surface area contributed by atoms with Gasteiger partial charge in [0.15, 0.2) is 6.10 Å². The molecule has 0 aliphatic carbocycles. The van der Waals surface area contributed by atoms with Crippen molar-refractivity contribution in [3.8, 4) is 0 Å². The smallest absolute Gasteiger partial charge is 0.462 e. The fourth-order valence-electron chi connectivity index (χ4n) is 7.19. The standard InChI is InChI=1S/C51H95O8P/c1-4-7-9-11-13-15-17-19-21-23-24-25-26-27-28-30-31-33-35-37-39-41-43-45-50(52)56-47-49(48-58-60(54,55)57-6-3)59-51(53)46-44-42-40-38-36-34-32-29-22-20-18-16-14-12-10-8-5-2/h14,16,20,22-24,49H,4-13,15,17-19,21,25-48H2,1-3H3,(H,54,55)/b16-14-,22-20-,24-23-. The van der Waals surface area contributed by atoms with Crippen LogP contribution < -0.4 is 0 Å². The van der Waals surface area contributed by atoms with Gasteiger partial charge >= 0.3 is 19.8 Å². The Bertz CT molecular complexity index is 1070. The van der Waals surface area contributed by atoms with Crippen LogP contribution in [0.25, 0.3) is 0 Å². The summed E-state index contributed by atoms with van der Waals surface area (Å²) in [4.78, 5) is 34.9. The molecule has 2 atom stereocenters. The fourth-order valence-corrected chi connectivity index (χ4v) is 7.94. The van der Waals surface area contributed by atoms with Crippen LogP contribution in [0.5, 0.6) is 0 Å². The van der Waals surface area contributed by atoms with Crippen molar-refractivity contribution in [2.24, 2.45) is 0 Å². The van der Waals surface area contributed by atoms with Crippen molar-refractivity contribution in [3.05, 3.63) is 36.5 Å². The summed E-state index contributed by atoms with van der Waals surface area (Å²) in [6.07, 6.45) is 54.9. The normalized spacial score (nSPS) is 13.5. The second-order valence-electron chi connectivity index (χ2n) is 16.8. The molecule has 2 unspecified atom stereocenters. The number of carbonyl (C=O) groups is 2. The summed E-state index contributed by atoms with van der Waals surface area (Å²) < 4.78 is 32.8. The van der Waals surface area contributed by atoms with Crippen LogP contribution in [0.15, 0.2) is 36.5 Å². The molecule has 9 heteroatoms. The van der Waals surface area contributed by atoms with Gasteiger partial charge in [-0.15, -0.1) is 0 Å². The van der Waals surface area contributed by atoms with Crippen molar-refractivity contribution in [2.75, 3.05) is 19.8 Å². The summed E-state index contributed by atoms with van der Waals surface area (Å²) >= 11 is 0. The highest BCUT2D eigenvalue weighted by atomic mass is 31.2. The lowest BCUT2D eigenvalue weighted by Crippen LogP contribution is -2.29. The summed E-state index contributed by atoms with van der Waals surface area (Å²) in [5.74, 6) is -0.799. The lowest BCUT2D eigenvalue weighted by atomic mass is 10.0. The number of rotatable bonds is 47. The van der Waals surface area contributed by atoms with Gasteiger partial charge in [-0.3, -0.25) is 18.6 Å². The maximum Gasteiger partial charge on any atom is 0.472 e. The Morgan fingerprint density at radius 2 is 0.800 bits per heavy atom. The Hall–Kier alpha value is -1.73. The molecule has 352 valence electrons. The van der Waals surface area contributed by atoms with Crippen molar-refractivity contribution in [2.45, 2.75) is 258 Å². The first-order valence-corrected chi connectivity index (χ1v) is 26.8. The van der Waals surface area contributed by atoms with E-state index in [1.807, 2.05) is 0 Å². The third kappa shape index (κ3) is 45.8. The summed E-state index contributed by atoms with van der Waals surface area (Å²) in [5, 5.41) is 0. The summed E-state index contributed by atoms with van der Waals surface area (Å²) in [7, 11) is -4.29. The molecule has 0 saturated carbocycles. The summed E-state index contributed by atoms with van der Waals surface area (Å²) in [6.45, 7) is 5.48. The molecular formula is C51H95O8P. The molecule has 0 aliphatic rings. The van der Waals surface area contributed by atoms with Gasteiger partial charge in [-0.05, 0) is 77.6 Å². The Morgan fingerprint density at radius 3 is 1.23 bits per heavy atom. The highest BCUT2D eigenvalue weighted by Gasteiger charge is 2.25.